The Labute approximate surface area is 112 Å². The molecule has 2 rings (SSSR count). The smallest absolute Gasteiger partial charge is 0.127 e. The van der Waals surface area contributed by atoms with Crippen LogP contribution in [0.25, 0.3) is 11.0 Å². The van der Waals surface area contributed by atoms with Crippen LogP contribution in [0.2, 0.25) is 0 Å². The van der Waals surface area contributed by atoms with Crippen LogP contribution in [0, 0.1) is 0 Å². The number of nitrogens with zero attached hydrogens (tertiary/aromatic N) is 3. The summed E-state index contributed by atoms with van der Waals surface area (Å²) in [7, 11) is 1.71. The maximum Gasteiger partial charge on any atom is 0.127 e. The zero-order chi connectivity index (χ0) is 13.3. The van der Waals surface area contributed by atoms with E-state index in [9.17, 15) is 0 Å². The predicted molar refractivity (Wildman–Crippen MR) is 72.9 cm³/mol. The van der Waals surface area contributed by atoms with Crippen molar-refractivity contribution >= 4 is 22.6 Å². The third-order valence-electron chi connectivity index (χ3n) is 3.03. The van der Waals surface area contributed by atoms with Crippen molar-refractivity contribution in [2.75, 3.05) is 7.11 Å². The molecule has 1 atom stereocenters. The van der Waals surface area contributed by atoms with Gasteiger partial charge in [-0.2, -0.15) is 0 Å². The lowest BCUT2D eigenvalue weighted by Crippen LogP contribution is -2.29. The molecule has 2 aromatic heterocycles. The molecule has 0 spiro atoms. The molecule has 0 radical (unpaired) electrons. The van der Waals surface area contributed by atoms with Gasteiger partial charge in [-0.25, -0.2) is 4.98 Å². The number of halogens is 1. The van der Waals surface area contributed by atoms with Crippen LogP contribution in [0.5, 0.6) is 0 Å². The third kappa shape index (κ3) is 2.49. The van der Waals surface area contributed by atoms with Crippen LogP contribution >= 0.6 is 11.6 Å². The predicted octanol–water partition coefficient (Wildman–Crippen LogP) is 3.16. The number of alkyl halides is 1. The zero-order valence-corrected chi connectivity index (χ0v) is 11.9. The van der Waals surface area contributed by atoms with Gasteiger partial charge in [-0.15, -0.1) is 11.6 Å². The lowest BCUT2D eigenvalue weighted by atomic mass is 10.1. The average Bonchev–Trinajstić information content (AvgIpc) is 2.68. The number of methoxy groups -OCH3 is 1. The van der Waals surface area contributed by atoms with E-state index in [1.54, 1.807) is 19.5 Å². The highest BCUT2D eigenvalue weighted by Gasteiger charge is 2.22. The quantitative estimate of drug-likeness (QED) is 0.799. The fourth-order valence-corrected chi connectivity index (χ4v) is 2.08. The van der Waals surface area contributed by atoms with Gasteiger partial charge in [0.15, 0.2) is 0 Å². The van der Waals surface area contributed by atoms with Crippen molar-refractivity contribution in [1.82, 2.24) is 14.5 Å². The van der Waals surface area contributed by atoms with Gasteiger partial charge in [-0.1, -0.05) is 0 Å². The number of imidazole rings is 1. The van der Waals surface area contributed by atoms with Gasteiger partial charge in [0, 0.05) is 13.3 Å². The third-order valence-corrected chi connectivity index (χ3v) is 3.22. The molecule has 0 bridgehead atoms. The van der Waals surface area contributed by atoms with Crippen LogP contribution in [0.3, 0.4) is 0 Å². The van der Waals surface area contributed by atoms with E-state index in [0.717, 1.165) is 16.9 Å². The monoisotopic (exact) mass is 267 g/mol. The molecule has 0 aliphatic rings. The Balaban J connectivity index is 2.55. The van der Waals surface area contributed by atoms with Gasteiger partial charge < -0.3 is 9.30 Å². The lowest BCUT2D eigenvalue weighted by Gasteiger charge is -2.25. The van der Waals surface area contributed by atoms with E-state index in [1.807, 2.05) is 26.8 Å². The molecule has 4 nitrogen and oxygen atoms in total. The molecular weight excluding hydrogens is 250 g/mol. The molecule has 0 aliphatic heterocycles. The summed E-state index contributed by atoms with van der Waals surface area (Å²) in [6.45, 7) is 6.72. The SMILES string of the molecule is COC(C)(C)Cn1c(C(C)Cl)nc2cnccc21. The van der Waals surface area contributed by atoms with Crippen molar-refractivity contribution in [1.29, 1.82) is 0 Å². The van der Waals surface area contributed by atoms with Gasteiger partial charge >= 0.3 is 0 Å². The maximum atomic E-state index is 6.21. The summed E-state index contributed by atoms with van der Waals surface area (Å²) in [6.07, 6.45) is 3.53. The standard InChI is InChI=1S/C13H18ClN3O/c1-9(14)12-16-10-7-15-6-5-11(10)17(12)8-13(2,3)18-4/h5-7,9H,8H2,1-4H3. The molecule has 0 fully saturated rings. The first-order valence-electron chi connectivity index (χ1n) is 5.94. The molecule has 2 heterocycles. The fourth-order valence-electron chi connectivity index (χ4n) is 1.92. The Bertz CT molecular complexity index is 548. The molecular formula is C13H18ClN3O. The molecule has 5 heteroatoms. The minimum atomic E-state index is -0.266. The number of ether oxygens (including phenoxy) is 1. The largest absolute Gasteiger partial charge is 0.377 e. The van der Waals surface area contributed by atoms with Crippen LogP contribution < -0.4 is 0 Å². The van der Waals surface area contributed by atoms with Crippen LogP contribution in [0.1, 0.15) is 32.0 Å². The van der Waals surface area contributed by atoms with Gasteiger partial charge in [0.1, 0.15) is 11.3 Å². The molecule has 0 amide bonds. The van der Waals surface area contributed by atoms with Crippen molar-refractivity contribution in [3.63, 3.8) is 0 Å². The van der Waals surface area contributed by atoms with E-state index < -0.39 is 0 Å². The molecule has 0 N–H and O–H groups in total. The average molecular weight is 268 g/mol. The first-order chi connectivity index (χ1) is 8.44. The molecule has 0 saturated carbocycles. The molecule has 2 aromatic rings. The van der Waals surface area contributed by atoms with Crippen LogP contribution in [-0.4, -0.2) is 27.2 Å². The summed E-state index contributed by atoms with van der Waals surface area (Å²) < 4.78 is 7.60. The molecule has 0 saturated heterocycles. The number of pyridine rings is 1. The van der Waals surface area contributed by atoms with E-state index in [0.29, 0.717) is 6.54 Å². The van der Waals surface area contributed by atoms with Crippen molar-refractivity contribution in [2.45, 2.75) is 38.3 Å². The minimum absolute atomic E-state index is 0.148. The molecule has 18 heavy (non-hydrogen) atoms. The van der Waals surface area contributed by atoms with Crippen molar-refractivity contribution in [3.05, 3.63) is 24.3 Å². The zero-order valence-electron chi connectivity index (χ0n) is 11.1. The van der Waals surface area contributed by atoms with Crippen LogP contribution in [-0.2, 0) is 11.3 Å². The first-order valence-corrected chi connectivity index (χ1v) is 6.37. The summed E-state index contributed by atoms with van der Waals surface area (Å²) in [5.41, 5.74) is 1.64. The fraction of sp³-hybridized carbons (Fsp3) is 0.538. The lowest BCUT2D eigenvalue weighted by molar-refractivity contribution is 0.00842. The number of fused-ring (bicyclic) bond motifs is 1. The molecule has 0 aliphatic carbocycles. The van der Waals surface area contributed by atoms with Gasteiger partial charge in [0.05, 0.1) is 29.2 Å². The number of rotatable bonds is 4. The normalized spacial score (nSPS) is 14.1. The Hall–Kier alpha value is -1.13. The Morgan fingerprint density at radius 2 is 2.22 bits per heavy atom. The Morgan fingerprint density at radius 3 is 2.83 bits per heavy atom. The highest BCUT2D eigenvalue weighted by Crippen LogP contribution is 2.26. The highest BCUT2D eigenvalue weighted by atomic mass is 35.5. The van der Waals surface area contributed by atoms with E-state index in [4.69, 9.17) is 16.3 Å². The van der Waals surface area contributed by atoms with Gasteiger partial charge in [0.25, 0.3) is 0 Å². The Kier molecular flexibility index (Phi) is 3.59. The van der Waals surface area contributed by atoms with Crippen molar-refractivity contribution in [3.8, 4) is 0 Å². The van der Waals surface area contributed by atoms with Crippen LogP contribution in [0.4, 0.5) is 0 Å². The summed E-state index contributed by atoms with van der Waals surface area (Å²) >= 11 is 6.21. The summed E-state index contributed by atoms with van der Waals surface area (Å²) in [4.78, 5) is 8.64. The second-order valence-corrected chi connectivity index (χ2v) is 5.66. The molecule has 0 aromatic carbocycles. The van der Waals surface area contributed by atoms with Crippen molar-refractivity contribution in [2.24, 2.45) is 0 Å². The van der Waals surface area contributed by atoms with Gasteiger partial charge in [0.2, 0.25) is 0 Å². The second kappa shape index (κ2) is 4.86. The van der Waals surface area contributed by atoms with Gasteiger partial charge in [-0.05, 0) is 26.8 Å². The molecule has 98 valence electrons. The summed E-state index contributed by atoms with van der Waals surface area (Å²) in [5, 5.41) is -0.148. The Morgan fingerprint density at radius 1 is 1.50 bits per heavy atom. The van der Waals surface area contributed by atoms with E-state index in [2.05, 4.69) is 14.5 Å². The van der Waals surface area contributed by atoms with Crippen molar-refractivity contribution < 1.29 is 4.74 Å². The number of hydrogen-bond acceptors (Lipinski definition) is 3. The van der Waals surface area contributed by atoms with Gasteiger partial charge in [-0.3, -0.25) is 4.98 Å². The van der Waals surface area contributed by atoms with E-state index in [-0.39, 0.29) is 11.0 Å². The second-order valence-electron chi connectivity index (χ2n) is 5.00. The summed E-state index contributed by atoms with van der Waals surface area (Å²) in [5.74, 6) is 0.852. The number of aromatic nitrogens is 3. The van der Waals surface area contributed by atoms with E-state index in [1.165, 1.54) is 0 Å². The number of hydrogen-bond donors (Lipinski definition) is 0. The molecule has 1 unspecified atom stereocenters. The summed E-state index contributed by atoms with van der Waals surface area (Å²) in [6, 6.07) is 1.96. The highest BCUT2D eigenvalue weighted by molar-refractivity contribution is 6.20. The first kappa shape index (κ1) is 13.3. The maximum absolute atomic E-state index is 6.21. The topological polar surface area (TPSA) is 39.9 Å². The van der Waals surface area contributed by atoms with E-state index >= 15 is 0 Å². The van der Waals surface area contributed by atoms with Crippen LogP contribution in [0.15, 0.2) is 18.5 Å². The minimum Gasteiger partial charge on any atom is -0.377 e.